The third-order valence-corrected chi connectivity index (χ3v) is 16.4. The van der Waals surface area contributed by atoms with Crippen molar-refractivity contribution in [2.75, 3.05) is 13.2 Å². The maximum atomic E-state index is 12.5. The first-order valence-electron chi connectivity index (χ1n) is 35.2. The van der Waals surface area contributed by atoms with Crippen LogP contribution in [0.4, 0.5) is 0 Å². The van der Waals surface area contributed by atoms with E-state index in [1.54, 1.807) is 0 Å². The fourth-order valence-electron chi connectivity index (χ4n) is 11.0. The van der Waals surface area contributed by atoms with Crippen LogP contribution in [0.2, 0.25) is 0 Å². The van der Waals surface area contributed by atoms with Gasteiger partial charge in [0, 0.05) is 12.8 Å². The van der Waals surface area contributed by atoms with Crippen LogP contribution in [-0.2, 0) is 14.3 Å². The number of esters is 1. The Kier molecular flexibility index (Phi) is 65.9. The average Bonchev–Trinajstić information content (AvgIpc) is 3.44. The molecule has 0 aliphatic rings. The number of nitrogens with one attached hydrogen (secondary N) is 1. The molecule has 2 atom stereocenters. The Bertz CT molecular complexity index is 1260. The number of aliphatic hydroxyl groups excluding tert-OH is 2. The molecule has 1 amide bonds. The van der Waals surface area contributed by atoms with Gasteiger partial charge in [-0.1, -0.05) is 333 Å². The number of rotatable bonds is 66. The van der Waals surface area contributed by atoms with Crippen LogP contribution < -0.4 is 5.32 Å². The highest BCUT2D eigenvalue weighted by atomic mass is 16.5. The smallest absolute Gasteiger partial charge is 0.305 e. The Morgan fingerprint density at radius 2 is 0.654 bits per heavy atom. The summed E-state index contributed by atoms with van der Waals surface area (Å²) in [5.74, 6) is -0.0228. The Morgan fingerprint density at radius 3 is 1.03 bits per heavy atom. The number of carbonyl (C=O) groups excluding carboxylic acids is 2. The molecule has 0 aromatic rings. The van der Waals surface area contributed by atoms with Gasteiger partial charge in [-0.3, -0.25) is 9.59 Å². The van der Waals surface area contributed by atoms with Crippen LogP contribution in [0.25, 0.3) is 0 Å². The van der Waals surface area contributed by atoms with Gasteiger partial charge in [0.1, 0.15) is 0 Å². The third-order valence-electron chi connectivity index (χ3n) is 16.4. The molecule has 2 unspecified atom stereocenters. The zero-order valence-corrected chi connectivity index (χ0v) is 52.7. The molecule has 0 fully saturated rings. The van der Waals surface area contributed by atoms with E-state index in [1.165, 1.54) is 302 Å². The number of hydrogen-bond donors (Lipinski definition) is 3. The predicted octanol–water partition coefficient (Wildman–Crippen LogP) is 22.7. The molecule has 0 saturated heterocycles. The predicted molar refractivity (Wildman–Crippen MR) is 343 cm³/mol. The van der Waals surface area contributed by atoms with E-state index >= 15 is 0 Å². The van der Waals surface area contributed by atoms with Crippen LogP contribution in [0.15, 0.2) is 36.5 Å². The molecule has 0 aromatic carbocycles. The lowest BCUT2D eigenvalue weighted by Gasteiger charge is -2.22. The highest BCUT2D eigenvalue weighted by Gasteiger charge is 2.20. The average molecular weight is 1100 g/mol. The van der Waals surface area contributed by atoms with Gasteiger partial charge in [-0.05, 0) is 77.0 Å². The lowest BCUT2D eigenvalue weighted by Crippen LogP contribution is -2.45. The van der Waals surface area contributed by atoms with Crippen LogP contribution in [0.1, 0.15) is 386 Å². The lowest BCUT2D eigenvalue weighted by molar-refractivity contribution is -0.143. The zero-order valence-electron chi connectivity index (χ0n) is 52.7. The van der Waals surface area contributed by atoms with Crippen molar-refractivity contribution in [3.63, 3.8) is 0 Å². The van der Waals surface area contributed by atoms with Gasteiger partial charge in [0.25, 0.3) is 0 Å². The summed E-state index contributed by atoms with van der Waals surface area (Å²) in [7, 11) is 0. The molecular formula is C72H137NO5. The van der Waals surface area contributed by atoms with Crippen LogP contribution in [0, 0.1) is 0 Å². The number of aliphatic hydroxyl groups is 2. The Hall–Kier alpha value is -1.92. The maximum Gasteiger partial charge on any atom is 0.305 e. The molecule has 0 radical (unpaired) electrons. The van der Waals surface area contributed by atoms with Crippen molar-refractivity contribution >= 4 is 11.9 Å². The molecule has 3 N–H and O–H groups in total. The monoisotopic (exact) mass is 1100 g/mol. The first kappa shape index (κ1) is 76.1. The van der Waals surface area contributed by atoms with Gasteiger partial charge >= 0.3 is 5.97 Å². The quantitative estimate of drug-likeness (QED) is 0.0320. The summed E-state index contributed by atoms with van der Waals surface area (Å²) in [5, 5.41) is 23.3. The Labute approximate surface area is 487 Å². The SMILES string of the molecule is CCCC/C=C\CCCCCCCC(=O)OCCCCCCCCCCCCCCC/C=C\C/C=C\CCCCCCCCCCCCCCCCCCCC(=O)NC(CO)C(O)CCCCCCCCCCCCCCC. The summed E-state index contributed by atoms with van der Waals surface area (Å²) >= 11 is 0. The zero-order chi connectivity index (χ0) is 56.4. The van der Waals surface area contributed by atoms with Crippen molar-refractivity contribution in [2.24, 2.45) is 0 Å². The van der Waals surface area contributed by atoms with E-state index in [2.05, 4.69) is 55.6 Å². The van der Waals surface area contributed by atoms with E-state index in [1.807, 2.05) is 0 Å². The van der Waals surface area contributed by atoms with Gasteiger partial charge in [-0.2, -0.15) is 0 Å². The summed E-state index contributed by atoms with van der Waals surface area (Å²) in [6.07, 6.45) is 86.4. The number of hydrogen-bond acceptors (Lipinski definition) is 5. The Morgan fingerprint density at radius 1 is 0.359 bits per heavy atom. The second-order valence-electron chi connectivity index (χ2n) is 24.2. The summed E-state index contributed by atoms with van der Waals surface area (Å²) < 4.78 is 5.47. The molecule has 0 spiro atoms. The van der Waals surface area contributed by atoms with Gasteiger partial charge in [-0.25, -0.2) is 0 Å². The molecule has 0 aromatic heterocycles. The van der Waals surface area contributed by atoms with Crippen LogP contribution >= 0.6 is 0 Å². The largest absolute Gasteiger partial charge is 0.466 e. The molecule has 0 bridgehead atoms. The van der Waals surface area contributed by atoms with Crippen molar-refractivity contribution in [3.8, 4) is 0 Å². The number of carbonyl (C=O) groups is 2. The molecule has 0 rings (SSSR count). The van der Waals surface area contributed by atoms with Gasteiger partial charge in [0.05, 0.1) is 25.4 Å². The minimum absolute atomic E-state index is 0.00774. The maximum absolute atomic E-state index is 12.5. The van der Waals surface area contributed by atoms with Gasteiger partial charge in [0.2, 0.25) is 5.91 Å². The minimum atomic E-state index is -0.661. The van der Waals surface area contributed by atoms with Crippen LogP contribution in [0.3, 0.4) is 0 Å². The number of unbranched alkanes of at least 4 members (excludes halogenated alkanes) is 49. The van der Waals surface area contributed by atoms with Gasteiger partial charge in [0.15, 0.2) is 0 Å². The van der Waals surface area contributed by atoms with Crippen molar-refractivity contribution in [1.29, 1.82) is 0 Å². The van der Waals surface area contributed by atoms with E-state index < -0.39 is 12.1 Å². The molecule has 6 nitrogen and oxygen atoms in total. The fraction of sp³-hybridized carbons (Fsp3) is 0.889. The highest BCUT2D eigenvalue weighted by molar-refractivity contribution is 5.76. The van der Waals surface area contributed by atoms with E-state index in [-0.39, 0.29) is 18.5 Å². The minimum Gasteiger partial charge on any atom is -0.466 e. The van der Waals surface area contributed by atoms with E-state index in [4.69, 9.17) is 4.74 Å². The molecular weight excluding hydrogens is 959 g/mol. The van der Waals surface area contributed by atoms with Crippen LogP contribution in [0.5, 0.6) is 0 Å². The van der Waals surface area contributed by atoms with Crippen molar-refractivity contribution in [2.45, 2.75) is 398 Å². The molecule has 0 aliphatic heterocycles. The number of allylic oxidation sites excluding steroid dienone is 6. The molecule has 460 valence electrons. The van der Waals surface area contributed by atoms with E-state index in [0.717, 1.165) is 51.4 Å². The molecule has 0 aliphatic carbocycles. The molecule has 6 heteroatoms. The molecule has 0 saturated carbocycles. The van der Waals surface area contributed by atoms with Crippen molar-refractivity contribution in [3.05, 3.63) is 36.5 Å². The topological polar surface area (TPSA) is 95.9 Å². The van der Waals surface area contributed by atoms with Gasteiger partial charge in [-0.15, -0.1) is 0 Å². The van der Waals surface area contributed by atoms with Crippen molar-refractivity contribution in [1.82, 2.24) is 5.32 Å². The van der Waals surface area contributed by atoms with E-state index in [0.29, 0.717) is 25.9 Å². The first-order valence-corrected chi connectivity index (χ1v) is 35.2. The third kappa shape index (κ3) is 63.3. The molecule has 0 heterocycles. The second kappa shape index (κ2) is 67.6. The summed E-state index contributed by atoms with van der Waals surface area (Å²) in [6, 6.07) is -0.538. The Balaban J connectivity index is 3.35. The highest BCUT2D eigenvalue weighted by Crippen LogP contribution is 2.18. The summed E-state index contributed by atoms with van der Waals surface area (Å²) in [5.41, 5.74) is 0. The van der Waals surface area contributed by atoms with Gasteiger partial charge < -0.3 is 20.3 Å². The van der Waals surface area contributed by atoms with Crippen LogP contribution in [-0.4, -0.2) is 47.4 Å². The number of ether oxygens (including phenoxy) is 1. The van der Waals surface area contributed by atoms with Crippen molar-refractivity contribution < 1.29 is 24.5 Å². The van der Waals surface area contributed by atoms with E-state index in [9.17, 15) is 19.8 Å². The standard InChI is InChI=1S/C72H137NO5/c1-3-5-7-9-11-13-15-41-45-48-52-56-60-64-70(75)69(68-74)73-71(76)65-61-57-53-49-46-42-39-37-35-33-31-29-27-25-23-21-19-17-16-18-20-22-24-26-28-30-32-34-36-38-40-43-47-51-55-59-63-67-78-72(77)66-62-58-54-50-44-14-12-10-8-6-4-2/h10,12,16,18,22,24,69-70,74-75H,3-9,11,13-15,17,19-21,23,25-68H2,1-2H3,(H,73,76)/b12-10-,18-16-,24-22-. The first-order chi connectivity index (χ1) is 38.5. The molecule has 78 heavy (non-hydrogen) atoms. The summed E-state index contributed by atoms with van der Waals surface area (Å²) in [4.78, 5) is 24.5. The normalized spacial score (nSPS) is 12.7. The fourth-order valence-corrected chi connectivity index (χ4v) is 11.0. The summed E-state index contributed by atoms with van der Waals surface area (Å²) in [6.45, 7) is 4.93. The number of amides is 1. The lowest BCUT2D eigenvalue weighted by atomic mass is 10.0. The second-order valence-corrected chi connectivity index (χ2v) is 24.2.